The first-order valence-corrected chi connectivity index (χ1v) is 9.11. The molecule has 6 nitrogen and oxygen atoms in total. The van der Waals surface area contributed by atoms with Gasteiger partial charge in [-0.3, -0.25) is 4.68 Å². The standard InChI is InChI=1S/C19H28N4O2/c1-13(2)23-11-15-10-16(6-9-18(15)21-23)20-19(25)22(3)17-7-4-14(12-24)5-8-17/h6,9-11,13-14,17,24H,4-5,7-8,12H2,1-3H3,(H,20,25). The highest BCUT2D eigenvalue weighted by Crippen LogP contribution is 2.27. The molecule has 3 rings (SSSR count). The maximum Gasteiger partial charge on any atom is 0.321 e. The summed E-state index contributed by atoms with van der Waals surface area (Å²) in [4.78, 5) is 14.4. The number of nitrogens with one attached hydrogen (secondary N) is 1. The lowest BCUT2D eigenvalue weighted by Gasteiger charge is -2.34. The second-order valence-corrected chi connectivity index (χ2v) is 7.37. The van der Waals surface area contributed by atoms with Crippen molar-refractivity contribution in [1.82, 2.24) is 14.7 Å². The van der Waals surface area contributed by atoms with E-state index in [4.69, 9.17) is 0 Å². The molecule has 2 N–H and O–H groups in total. The molecule has 0 saturated heterocycles. The molecule has 0 radical (unpaired) electrons. The zero-order valence-electron chi connectivity index (χ0n) is 15.3. The molecule has 1 aromatic carbocycles. The van der Waals surface area contributed by atoms with Gasteiger partial charge in [-0.2, -0.15) is 5.10 Å². The number of amides is 2. The van der Waals surface area contributed by atoms with E-state index in [0.717, 1.165) is 42.3 Å². The van der Waals surface area contributed by atoms with Gasteiger partial charge in [0, 0.05) is 43.0 Å². The summed E-state index contributed by atoms with van der Waals surface area (Å²) in [7, 11) is 1.86. The van der Waals surface area contributed by atoms with Gasteiger partial charge in [-0.1, -0.05) is 0 Å². The average Bonchev–Trinajstić information content (AvgIpc) is 3.05. The molecule has 2 amide bonds. The fourth-order valence-electron chi connectivity index (χ4n) is 3.48. The number of nitrogens with zero attached hydrogens (tertiary/aromatic N) is 3. The van der Waals surface area contributed by atoms with Crippen molar-refractivity contribution in [2.75, 3.05) is 19.0 Å². The van der Waals surface area contributed by atoms with Crippen LogP contribution in [0.15, 0.2) is 24.4 Å². The van der Waals surface area contributed by atoms with Gasteiger partial charge in [0.25, 0.3) is 0 Å². The van der Waals surface area contributed by atoms with Crippen LogP contribution in [-0.4, -0.2) is 45.5 Å². The van der Waals surface area contributed by atoms with Crippen molar-refractivity contribution in [3.63, 3.8) is 0 Å². The van der Waals surface area contributed by atoms with Gasteiger partial charge in [0.2, 0.25) is 0 Å². The molecule has 1 fully saturated rings. The number of fused-ring (bicyclic) bond motifs is 1. The van der Waals surface area contributed by atoms with Crippen molar-refractivity contribution in [2.24, 2.45) is 5.92 Å². The van der Waals surface area contributed by atoms with E-state index in [1.165, 1.54) is 0 Å². The summed E-state index contributed by atoms with van der Waals surface area (Å²) >= 11 is 0. The van der Waals surface area contributed by atoms with Crippen LogP contribution in [0.4, 0.5) is 10.5 Å². The highest BCUT2D eigenvalue weighted by atomic mass is 16.3. The summed E-state index contributed by atoms with van der Waals surface area (Å²) in [5.74, 6) is 0.396. The highest BCUT2D eigenvalue weighted by molar-refractivity contribution is 5.92. The molecule has 1 aromatic heterocycles. The number of anilines is 1. The number of rotatable bonds is 4. The van der Waals surface area contributed by atoms with Crippen molar-refractivity contribution in [3.05, 3.63) is 24.4 Å². The topological polar surface area (TPSA) is 70.4 Å². The van der Waals surface area contributed by atoms with E-state index in [2.05, 4.69) is 24.3 Å². The third kappa shape index (κ3) is 3.95. The monoisotopic (exact) mass is 344 g/mol. The zero-order valence-corrected chi connectivity index (χ0v) is 15.3. The molecule has 1 aliphatic rings. The number of hydrogen-bond donors (Lipinski definition) is 2. The molecule has 1 heterocycles. The fraction of sp³-hybridized carbons (Fsp3) is 0.579. The molecular formula is C19H28N4O2. The van der Waals surface area contributed by atoms with Gasteiger partial charge in [-0.05, 0) is 63.6 Å². The van der Waals surface area contributed by atoms with Crippen LogP contribution in [0.25, 0.3) is 10.9 Å². The molecule has 0 unspecified atom stereocenters. The molecule has 0 bridgehead atoms. The lowest BCUT2D eigenvalue weighted by Crippen LogP contribution is -2.42. The second kappa shape index (κ2) is 7.44. The van der Waals surface area contributed by atoms with Gasteiger partial charge < -0.3 is 15.3 Å². The Morgan fingerprint density at radius 3 is 2.72 bits per heavy atom. The molecule has 0 spiro atoms. The Hall–Kier alpha value is -2.08. The summed E-state index contributed by atoms with van der Waals surface area (Å²) in [6.45, 7) is 4.44. The molecule has 136 valence electrons. The van der Waals surface area contributed by atoms with Gasteiger partial charge >= 0.3 is 6.03 Å². The van der Waals surface area contributed by atoms with Crippen LogP contribution in [0.3, 0.4) is 0 Å². The molecule has 0 atom stereocenters. The third-order valence-corrected chi connectivity index (χ3v) is 5.24. The number of benzene rings is 1. The van der Waals surface area contributed by atoms with E-state index >= 15 is 0 Å². The maximum atomic E-state index is 12.6. The molecule has 0 aliphatic heterocycles. The van der Waals surface area contributed by atoms with E-state index in [-0.39, 0.29) is 18.7 Å². The number of aliphatic hydroxyl groups excluding tert-OH is 1. The summed E-state index contributed by atoms with van der Waals surface area (Å²) in [6, 6.07) is 6.28. The van der Waals surface area contributed by atoms with Gasteiger partial charge in [0.1, 0.15) is 0 Å². The lowest BCUT2D eigenvalue weighted by atomic mass is 9.86. The SMILES string of the molecule is CC(C)n1cc2cc(NC(=O)N(C)C3CCC(CO)CC3)ccc2n1. The Labute approximate surface area is 148 Å². The first kappa shape index (κ1) is 17.7. The Morgan fingerprint density at radius 2 is 2.08 bits per heavy atom. The Balaban J connectivity index is 1.65. The van der Waals surface area contributed by atoms with E-state index in [1.54, 1.807) is 4.90 Å². The Bertz CT molecular complexity index is 732. The summed E-state index contributed by atoms with van der Waals surface area (Å²) in [5.41, 5.74) is 1.72. The van der Waals surface area contributed by atoms with Gasteiger partial charge in [-0.25, -0.2) is 4.79 Å². The number of aliphatic hydroxyl groups is 1. The van der Waals surface area contributed by atoms with E-state index in [0.29, 0.717) is 12.0 Å². The number of hydrogen-bond acceptors (Lipinski definition) is 3. The summed E-state index contributed by atoms with van der Waals surface area (Å²) < 4.78 is 1.93. The first-order chi connectivity index (χ1) is 12.0. The van der Waals surface area contributed by atoms with Crippen molar-refractivity contribution < 1.29 is 9.90 Å². The number of carbonyl (C=O) groups excluding carboxylic acids is 1. The van der Waals surface area contributed by atoms with Crippen LogP contribution in [0, 0.1) is 5.92 Å². The van der Waals surface area contributed by atoms with Crippen molar-refractivity contribution >= 4 is 22.6 Å². The van der Waals surface area contributed by atoms with E-state index in [1.807, 2.05) is 36.1 Å². The van der Waals surface area contributed by atoms with Gasteiger partial charge in [-0.15, -0.1) is 0 Å². The lowest BCUT2D eigenvalue weighted by molar-refractivity contribution is 0.139. The number of carbonyl (C=O) groups is 1. The maximum absolute atomic E-state index is 12.6. The van der Waals surface area contributed by atoms with Crippen LogP contribution in [0.5, 0.6) is 0 Å². The molecule has 25 heavy (non-hydrogen) atoms. The minimum absolute atomic E-state index is 0.0805. The van der Waals surface area contributed by atoms with Crippen LogP contribution >= 0.6 is 0 Å². The molecule has 2 aromatic rings. The number of aromatic nitrogens is 2. The molecule has 1 saturated carbocycles. The van der Waals surface area contributed by atoms with Crippen LogP contribution in [0.2, 0.25) is 0 Å². The summed E-state index contributed by atoms with van der Waals surface area (Å²) in [5, 5.41) is 17.8. The Morgan fingerprint density at radius 1 is 1.36 bits per heavy atom. The number of urea groups is 1. The van der Waals surface area contributed by atoms with Crippen molar-refractivity contribution in [3.8, 4) is 0 Å². The van der Waals surface area contributed by atoms with E-state index < -0.39 is 0 Å². The predicted octanol–water partition coefficient (Wildman–Crippen LogP) is 3.63. The van der Waals surface area contributed by atoms with Gasteiger partial charge in [0.15, 0.2) is 0 Å². The van der Waals surface area contributed by atoms with Crippen LogP contribution in [-0.2, 0) is 0 Å². The normalized spacial score (nSPS) is 20.8. The Kier molecular flexibility index (Phi) is 5.27. The van der Waals surface area contributed by atoms with Crippen LogP contribution in [0.1, 0.15) is 45.6 Å². The molecular weight excluding hydrogens is 316 g/mol. The second-order valence-electron chi connectivity index (χ2n) is 7.37. The van der Waals surface area contributed by atoms with Crippen molar-refractivity contribution in [1.29, 1.82) is 0 Å². The average molecular weight is 344 g/mol. The third-order valence-electron chi connectivity index (χ3n) is 5.24. The largest absolute Gasteiger partial charge is 0.396 e. The fourth-order valence-corrected chi connectivity index (χ4v) is 3.48. The summed E-state index contributed by atoms with van der Waals surface area (Å²) in [6.07, 6.45) is 5.89. The van der Waals surface area contributed by atoms with E-state index in [9.17, 15) is 9.90 Å². The van der Waals surface area contributed by atoms with Gasteiger partial charge in [0.05, 0.1) is 5.52 Å². The smallest absolute Gasteiger partial charge is 0.321 e. The minimum atomic E-state index is -0.0805. The van der Waals surface area contributed by atoms with Crippen LogP contribution < -0.4 is 5.32 Å². The quantitative estimate of drug-likeness (QED) is 0.890. The molecule has 6 heteroatoms. The first-order valence-electron chi connectivity index (χ1n) is 9.11. The highest BCUT2D eigenvalue weighted by Gasteiger charge is 2.26. The predicted molar refractivity (Wildman–Crippen MR) is 99.7 cm³/mol. The zero-order chi connectivity index (χ0) is 18.0. The van der Waals surface area contributed by atoms with Crippen molar-refractivity contribution in [2.45, 2.75) is 51.6 Å². The minimum Gasteiger partial charge on any atom is -0.396 e. The molecule has 1 aliphatic carbocycles.